The molecule has 0 aliphatic carbocycles. The van der Waals surface area contributed by atoms with Crippen LogP contribution in [0.15, 0.2) is 91.0 Å². The van der Waals surface area contributed by atoms with Crippen LogP contribution in [0.2, 0.25) is 0 Å². The number of carbonyl (C=O) groups excluding carboxylic acids is 3. The van der Waals surface area contributed by atoms with Crippen LogP contribution in [0.3, 0.4) is 0 Å². The maximum atomic E-state index is 13.5. The smallest absolute Gasteiger partial charge is 0.318 e. The molecule has 0 radical (unpaired) electrons. The Hall–Kier alpha value is -4.01. The van der Waals surface area contributed by atoms with Gasteiger partial charge in [-0.15, -0.1) is 0 Å². The molecule has 0 aliphatic heterocycles. The molecule has 0 aliphatic rings. The minimum atomic E-state index is -1.06. The van der Waals surface area contributed by atoms with Gasteiger partial charge in [0.05, 0.1) is 18.8 Å². The molecular weight excluding hydrogens is 518 g/mol. The average Bonchev–Trinajstić information content (AvgIpc) is 2.98. The fourth-order valence-corrected chi connectivity index (χ4v) is 4.25. The SMILES string of the molecule is CC(C)CC(C(=O)N[C@@H](NC(=O)[C@@H](N)Cc1ccccc1)[C@@H](C)OCc1ccccc1)C(=O)OCc1ccccc1. The van der Waals surface area contributed by atoms with Gasteiger partial charge in [-0.3, -0.25) is 14.4 Å². The van der Waals surface area contributed by atoms with Gasteiger partial charge in [0.15, 0.2) is 0 Å². The van der Waals surface area contributed by atoms with Crippen molar-refractivity contribution in [1.29, 1.82) is 0 Å². The standard InChI is InChI=1S/C33H41N3O5/c1-23(2)19-28(33(39)41-22-27-17-11-6-12-18-27)31(37)35-30(24(3)40-21-26-15-9-5-10-16-26)36-32(38)29(34)20-25-13-7-4-8-14-25/h4-18,23-24,28-30H,19-22,34H2,1-3H3,(H,35,37)(H,36,38)/t24-,28?,29+,30+/m1/s1. The van der Waals surface area contributed by atoms with Gasteiger partial charge in [0.25, 0.3) is 0 Å². The lowest BCUT2D eigenvalue weighted by Crippen LogP contribution is -2.59. The summed E-state index contributed by atoms with van der Waals surface area (Å²) in [4.78, 5) is 39.7. The van der Waals surface area contributed by atoms with E-state index in [2.05, 4.69) is 10.6 Å². The van der Waals surface area contributed by atoms with Crippen molar-refractivity contribution >= 4 is 17.8 Å². The molecular formula is C33H41N3O5. The van der Waals surface area contributed by atoms with Crippen molar-refractivity contribution in [2.75, 3.05) is 0 Å². The van der Waals surface area contributed by atoms with Crippen molar-refractivity contribution < 1.29 is 23.9 Å². The maximum Gasteiger partial charge on any atom is 0.318 e. The van der Waals surface area contributed by atoms with Gasteiger partial charge in [-0.1, -0.05) is 105 Å². The summed E-state index contributed by atoms with van der Waals surface area (Å²) in [6.07, 6.45) is -0.953. The largest absolute Gasteiger partial charge is 0.460 e. The lowest BCUT2D eigenvalue weighted by atomic mass is 9.96. The third-order valence-corrected chi connectivity index (χ3v) is 6.59. The number of hydrogen-bond acceptors (Lipinski definition) is 6. The fourth-order valence-electron chi connectivity index (χ4n) is 4.25. The van der Waals surface area contributed by atoms with Crippen LogP contribution in [0.4, 0.5) is 0 Å². The number of hydrogen-bond donors (Lipinski definition) is 3. The first kappa shape index (κ1) is 31.5. The number of rotatable bonds is 15. The highest BCUT2D eigenvalue weighted by molar-refractivity contribution is 5.98. The molecule has 0 saturated heterocycles. The Balaban J connectivity index is 1.72. The molecule has 3 rings (SSSR count). The molecule has 0 aromatic heterocycles. The van der Waals surface area contributed by atoms with Crippen molar-refractivity contribution in [2.45, 2.75) is 65.1 Å². The van der Waals surface area contributed by atoms with E-state index in [-0.39, 0.29) is 25.6 Å². The van der Waals surface area contributed by atoms with Crippen LogP contribution >= 0.6 is 0 Å². The molecule has 1 unspecified atom stereocenters. The van der Waals surface area contributed by atoms with E-state index < -0.39 is 42.0 Å². The van der Waals surface area contributed by atoms with E-state index >= 15 is 0 Å². The van der Waals surface area contributed by atoms with Gasteiger partial charge < -0.3 is 25.8 Å². The Bertz CT molecular complexity index is 1220. The Kier molecular flexibility index (Phi) is 12.5. The molecule has 0 spiro atoms. The Morgan fingerprint density at radius 3 is 1.73 bits per heavy atom. The summed E-state index contributed by atoms with van der Waals surface area (Å²) in [6, 6.07) is 27.5. The first-order valence-electron chi connectivity index (χ1n) is 14.0. The zero-order valence-corrected chi connectivity index (χ0v) is 24.0. The molecule has 0 heterocycles. The Morgan fingerprint density at radius 1 is 0.707 bits per heavy atom. The van der Waals surface area contributed by atoms with Gasteiger partial charge >= 0.3 is 5.97 Å². The number of ether oxygens (including phenoxy) is 2. The molecule has 3 aromatic rings. The number of amides is 2. The summed E-state index contributed by atoms with van der Waals surface area (Å²) in [7, 11) is 0. The third kappa shape index (κ3) is 10.8. The summed E-state index contributed by atoms with van der Waals surface area (Å²) >= 11 is 0. The molecule has 8 heteroatoms. The van der Waals surface area contributed by atoms with Gasteiger partial charge in [-0.05, 0) is 42.4 Å². The molecule has 8 nitrogen and oxygen atoms in total. The van der Waals surface area contributed by atoms with Crippen LogP contribution in [-0.4, -0.2) is 36.1 Å². The monoisotopic (exact) mass is 559 g/mol. The highest BCUT2D eigenvalue weighted by atomic mass is 16.5. The molecule has 218 valence electrons. The van der Waals surface area contributed by atoms with Crippen molar-refractivity contribution in [3.63, 3.8) is 0 Å². The number of nitrogens with two attached hydrogens (primary N) is 1. The van der Waals surface area contributed by atoms with Gasteiger partial charge in [0.2, 0.25) is 11.8 Å². The predicted molar refractivity (Wildman–Crippen MR) is 158 cm³/mol. The van der Waals surface area contributed by atoms with Crippen LogP contribution in [0, 0.1) is 11.8 Å². The van der Waals surface area contributed by atoms with E-state index in [1.54, 1.807) is 6.92 Å². The molecule has 3 aromatic carbocycles. The zero-order chi connectivity index (χ0) is 29.6. The quantitative estimate of drug-likeness (QED) is 0.146. The van der Waals surface area contributed by atoms with Gasteiger partial charge in [0, 0.05) is 0 Å². The first-order valence-corrected chi connectivity index (χ1v) is 14.0. The maximum absolute atomic E-state index is 13.5. The lowest BCUT2D eigenvalue weighted by Gasteiger charge is -2.29. The van der Waals surface area contributed by atoms with Crippen LogP contribution in [-0.2, 0) is 43.5 Å². The normalized spacial score (nSPS) is 14.0. The number of esters is 1. The van der Waals surface area contributed by atoms with Crippen LogP contribution in [0.25, 0.3) is 0 Å². The van der Waals surface area contributed by atoms with E-state index in [1.165, 1.54) is 0 Å². The molecule has 4 atom stereocenters. The van der Waals surface area contributed by atoms with Crippen molar-refractivity contribution in [2.24, 2.45) is 17.6 Å². The minimum Gasteiger partial charge on any atom is -0.460 e. The minimum absolute atomic E-state index is 0.0501. The summed E-state index contributed by atoms with van der Waals surface area (Å²) in [5.74, 6) is -2.62. The summed E-state index contributed by atoms with van der Waals surface area (Å²) in [5.41, 5.74) is 8.91. The summed E-state index contributed by atoms with van der Waals surface area (Å²) < 4.78 is 11.5. The highest BCUT2D eigenvalue weighted by Crippen LogP contribution is 2.16. The number of nitrogens with one attached hydrogen (secondary N) is 2. The van der Waals surface area contributed by atoms with E-state index in [4.69, 9.17) is 15.2 Å². The van der Waals surface area contributed by atoms with Crippen LogP contribution in [0.5, 0.6) is 0 Å². The van der Waals surface area contributed by atoms with Gasteiger partial charge in [-0.2, -0.15) is 0 Å². The summed E-state index contributed by atoms with van der Waals surface area (Å²) in [5, 5.41) is 5.67. The van der Waals surface area contributed by atoms with E-state index in [0.717, 1.165) is 16.7 Å². The van der Waals surface area contributed by atoms with Crippen molar-refractivity contribution in [3.8, 4) is 0 Å². The predicted octanol–water partition coefficient (Wildman–Crippen LogP) is 4.13. The third-order valence-electron chi connectivity index (χ3n) is 6.59. The second-order valence-electron chi connectivity index (χ2n) is 10.6. The second-order valence-corrected chi connectivity index (χ2v) is 10.6. The fraction of sp³-hybridized carbons (Fsp3) is 0.364. The van der Waals surface area contributed by atoms with Gasteiger partial charge in [0.1, 0.15) is 18.7 Å². The summed E-state index contributed by atoms with van der Waals surface area (Å²) in [6.45, 7) is 5.94. The van der Waals surface area contributed by atoms with Crippen LogP contribution in [0.1, 0.15) is 43.9 Å². The van der Waals surface area contributed by atoms with Crippen molar-refractivity contribution in [1.82, 2.24) is 10.6 Å². The average molecular weight is 560 g/mol. The van der Waals surface area contributed by atoms with Gasteiger partial charge in [-0.25, -0.2) is 0 Å². The Morgan fingerprint density at radius 2 is 1.20 bits per heavy atom. The second kappa shape index (κ2) is 16.3. The number of benzene rings is 3. The molecule has 0 bridgehead atoms. The van der Waals surface area contributed by atoms with E-state index in [1.807, 2.05) is 105 Å². The molecule has 41 heavy (non-hydrogen) atoms. The van der Waals surface area contributed by atoms with Crippen molar-refractivity contribution in [3.05, 3.63) is 108 Å². The molecule has 2 amide bonds. The van der Waals surface area contributed by atoms with E-state index in [9.17, 15) is 14.4 Å². The molecule has 4 N–H and O–H groups in total. The van der Waals surface area contributed by atoms with Crippen LogP contribution < -0.4 is 16.4 Å². The molecule has 0 saturated carbocycles. The van der Waals surface area contributed by atoms with E-state index in [0.29, 0.717) is 6.42 Å². The highest BCUT2D eigenvalue weighted by Gasteiger charge is 2.33. The Labute approximate surface area is 242 Å². The first-order chi connectivity index (χ1) is 19.7. The number of carbonyl (C=O) groups is 3. The molecule has 0 fully saturated rings. The lowest BCUT2D eigenvalue weighted by molar-refractivity contribution is -0.155. The topological polar surface area (TPSA) is 120 Å². The zero-order valence-electron chi connectivity index (χ0n) is 24.0.